The maximum atomic E-state index is 11.8. The summed E-state index contributed by atoms with van der Waals surface area (Å²) in [5, 5.41) is 14.4. The Morgan fingerprint density at radius 2 is 2.16 bits per heavy atom. The van der Waals surface area contributed by atoms with Crippen molar-refractivity contribution in [2.24, 2.45) is 5.92 Å². The number of hydrogen-bond acceptors (Lipinski definition) is 4. The van der Waals surface area contributed by atoms with E-state index in [2.05, 4.69) is 10.3 Å². The molecule has 6 heteroatoms. The van der Waals surface area contributed by atoms with E-state index in [9.17, 15) is 9.59 Å². The van der Waals surface area contributed by atoms with Crippen LogP contribution >= 0.6 is 11.3 Å². The summed E-state index contributed by atoms with van der Waals surface area (Å²) in [5.74, 6) is -1.07. The van der Waals surface area contributed by atoms with Gasteiger partial charge >= 0.3 is 5.97 Å². The number of aromatic nitrogens is 1. The number of carboxylic acids is 1. The van der Waals surface area contributed by atoms with Crippen molar-refractivity contribution in [1.29, 1.82) is 0 Å². The molecule has 0 aromatic carbocycles. The van der Waals surface area contributed by atoms with Crippen LogP contribution in [0.3, 0.4) is 0 Å². The van der Waals surface area contributed by atoms with Gasteiger partial charge in [0.1, 0.15) is 6.04 Å². The molecule has 2 N–H and O–H groups in total. The largest absolute Gasteiger partial charge is 0.480 e. The Balaban J connectivity index is 2.54. The van der Waals surface area contributed by atoms with Crippen molar-refractivity contribution in [3.63, 3.8) is 0 Å². The van der Waals surface area contributed by atoms with Crippen LogP contribution in [0.25, 0.3) is 0 Å². The lowest BCUT2D eigenvalue weighted by molar-refractivity contribution is -0.142. The quantitative estimate of drug-likeness (QED) is 0.801. The van der Waals surface area contributed by atoms with E-state index < -0.39 is 12.0 Å². The average molecular weight is 284 g/mol. The van der Waals surface area contributed by atoms with Gasteiger partial charge < -0.3 is 10.4 Å². The molecule has 1 rings (SSSR count). The molecule has 1 heterocycles. The Morgan fingerprint density at radius 3 is 2.63 bits per heavy atom. The summed E-state index contributed by atoms with van der Waals surface area (Å²) >= 11 is 1.52. The summed E-state index contributed by atoms with van der Waals surface area (Å²) in [5.41, 5.74) is 0.702. The lowest BCUT2D eigenvalue weighted by Gasteiger charge is -2.16. The maximum absolute atomic E-state index is 11.8. The Morgan fingerprint density at radius 1 is 1.47 bits per heavy atom. The summed E-state index contributed by atoms with van der Waals surface area (Å²) in [6.07, 6.45) is 1.41. The highest BCUT2D eigenvalue weighted by atomic mass is 32.1. The monoisotopic (exact) mass is 284 g/mol. The zero-order valence-corrected chi connectivity index (χ0v) is 12.3. The molecular formula is C13H20N2O3S. The van der Waals surface area contributed by atoms with Crippen molar-refractivity contribution in [3.05, 3.63) is 16.1 Å². The predicted molar refractivity (Wildman–Crippen MR) is 74.2 cm³/mol. The van der Waals surface area contributed by atoms with Crippen molar-refractivity contribution in [3.8, 4) is 0 Å². The van der Waals surface area contributed by atoms with Crippen LogP contribution < -0.4 is 5.32 Å². The van der Waals surface area contributed by atoms with Gasteiger partial charge in [-0.1, -0.05) is 20.8 Å². The molecule has 0 saturated heterocycles. The molecule has 0 spiro atoms. The van der Waals surface area contributed by atoms with Crippen LogP contribution in [0.2, 0.25) is 0 Å². The van der Waals surface area contributed by atoms with Gasteiger partial charge in [-0.05, 0) is 18.8 Å². The fourth-order valence-corrected chi connectivity index (χ4v) is 2.44. The lowest BCUT2D eigenvalue weighted by atomic mass is 10.0. The van der Waals surface area contributed by atoms with Gasteiger partial charge in [-0.25, -0.2) is 9.78 Å². The van der Waals surface area contributed by atoms with Gasteiger partial charge in [0.25, 0.3) is 0 Å². The number of rotatable bonds is 7. The third-order valence-electron chi connectivity index (χ3n) is 2.58. The molecule has 0 saturated carbocycles. The van der Waals surface area contributed by atoms with Gasteiger partial charge in [-0.15, -0.1) is 11.3 Å². The minimum atomic E-state index is -0.991. The molecule has 19 heavy (non-hydrogen) atoms. The first-order valence-electron chi connectivity index (χ1n) is 6.37. The van der Waals surface area contributed by atoms with E-state index in [-0.39, 0.29) is 18.2 Å². The highest BCUT2D eigenvalue weighted by molar-refractivity contribution is 7.09. The fourth-order valence-electron chi connectivity index (χ4n) is 1.70. The summed E-state index contributed by atoms with van der Waals surface area (Å²) in [6.45, 7) is 5.86. The van der Waals surface area contributed by atoms with Crippen LogP contribution in [-0.4, -0.2) is 28.0 Å². The van der Waals surface area contributed by atoms with Crippen molar-refractivity contribution in [2.75, 3.05) is 0 Å². The second-order valence-corrected chi connectivity index (χ2v) is 5.79. The number of carbonyl (C=O) groups is 2. The van der Waals surface area contributed by atoms with E-state index in [4.69, 9.17) is 5.11 Å². The zero-order chi connectivity index (χ0) is 14.4. The Bertz CT molecular complexity index is 443. The number of nitrogens with one attached hydrogen (secondary N) is 1. The molecule has 1 aromatic rings. The number of aryl methyl sites for hydroxylation is 1. The van der Waals surface area contributed by atoms with Crippen LogP contribution in [0.5, 0.6) is 0 Å². The summed E-state index contributed by atoms with van der Waals surface area (Å²) < 4.78 is 0. The number of hydrogen-bond donors (Lipinski definition) is 2. The van der Waals surface area contributed by atoms with E-state index >= 15 is 0 Å². The van der Waals surface area contributed by atoms with Gasteiger partial charge in [-0.2, -0.15) is 0 Å². The molecule has 0 radical (unpaired) electrons. The second-order valence-electron chi connectivity index (χ2n) is 4.85. The number of thiazole rings is 1. The van der Waals surface area contributed by atoms with Gasteiger partial charge in [0.05, 0.1) is 17.1 Å². The van der Waals surface area contributed by atoms with Crippen LogP contribution in [0, 0.1) is 5.92 Å². The standard InChI is InChI=1S/C13H20N2O3S/c1-4-12-14-9(7-19-12)6-11(16)15-10(13(17)18)5-8(2)3/h7-8,10H,4-6H2,1-3H3,(H,15,16)(H,17,18)/t10-/m1/s1. The van der Waals surface area contributed by atoms with E-state index in [0.717, 1.165) is 11.4 Å². The molecular weight excluding hydrogens is 264 g/mol. The molecule has 0 fully saturated rings. The highest BCUT2D eigenvalue weighted by Crippen LogP contribution is 2.11. The number of aliphatic carboxylic acids is 1. The molecule has 1 amide bonds. The third-order valence-corrected chi connectivity index (χ3v) is 3.63. The molecule has 0 unspecified atom stereocenters. The van der Waals surface area contributed by atoms with Gasteiger partial charge in [-0.3, -0.25) is 4.79 Å². The normalized spacial score (nSPS) is 12.4. The average Bonchev–Trinajstić information content (AvgIpc) is 2.75. The number of amides is 1. The number of nitrogens with zero attached hydrogens (tertiary/aromatic N) is 1. The summed E-state index contributed by atoms with van der Waals surface area (Å²) in [6, 6.07) is -0.822. The number of carbonyl (C=O) groups excluding carboxylic acids is 1. The van der Waals surface area contributed by atoms with Crippen LogP contribution in [0.1, 0.15) is 37.9 Å². The van der Waals surface area contributed by atoms with Gasteiger partial charge in [0.15, 0.2) is 0 Å². The zero-order valence-electron chi connectivity index (χ0n) is 11.5. The minimum Gasteiger partial charge on any atom is -0.480 e. The predicted octanol–water partition coefficient (Wildman–Crippen LogP) is 1.86. The summed E-state index contributed by atoms with van der Waals surface area (Å²) in [4.78, 5) is 27.1. The van der Waals surface area contributed by atoms with Crippen molar-refractivity contribution in [2.45, 2.75) is 46.1 Å². The molecule has 106 valence electrons. The second kappa shape index (κ2) is 7.23. The van der Waals surface area contributed by atoms with Crippen molar-refractivity contribution in [1.82, 2.24) is 10.3 Å². The van der Waals surface area contributed by atoms with Crippen molar-refractivity contribution >= 4 is 23.2 Å². The van der Waals surface area contributed by atoms with E-state index in [1.165, 1.54) is 11.3 Å². The van der Waals surface area contributed by atoms with Crippen molar-refractivity contribution < 1.29 is 14.7 Å². The SMILES string of the molecule is CCc1nc(CC(=O)N[C@H](CC(C)C)C(=O)O)cs1. The topological polar surface area (TPSA) is 79.3 Å². The fraction of sp³-hybridized carbons (Fsp3) is 0.615. The molecule has 0 aliphatic rings. The highest BCUT2D eigenvalue weighted by Gasteiger charge is 2.21. The Kier molecular flexibility index (Phi) is 5.95. The van der Waals surface area contributed by atoms with E-state index in [1.54, 1.807) is 0 Å². The molecule has 1 atom stereocenters. The Labute approximate surface area is 117 Å². The van der Waals surface area contributed by atoms with E-state index in [0.29, 0.717) is 12.1 Å². The smallest absolute Gasteiger partial charge is 0.326 e. The minimum absolute atomic E-state index is 0.137. The first kappa shape index (κ1) is 15.6. The van der Waals surface area contributed by atoms with Gasteiger partial charge in [0.2, 0.25) is 5.91 Å². The van der Waals surface area contributed by atoms with Gasteiger partial charge in [0, 0.05) is 5.38 Å². The molecule has 0 bridgehead atoms. The lowest BCUT2D eigenvalue weighted by Crippen LogP contribution is -2.42. The van der Waals surface area contributed by atoms with Crippen LogP contribution in [-0.2, 0) is 22.4 Å². The first-order valence-corrected chi connectivity index (χ1v) is 7.25. The third kappa shape index (κ3) is 5.38. The maximum Gasteiger partial charge on any atom is 0.326 e. The summed E-state index contributed by atoms with van der Waals surface area (Å²) in [7, 11) is 0. The van der Waals surface area contributed by atoms with Crippen LogP contribution in [0.15, 0.2) is 5.38 Å². The number of carboxylic acid groups (broad SMARTS) is 1. The van der Waals surface area contributed by atoms with E-state index in [1.807, 2.05) is 26.2 Å². The molecule has 5 nitrogen and oxygen atoms in total. The Hall–Kier alpha value is -1.43. The molecule has 0 aliphatic carbocycles. The first-order chi connectivity index (χ1) is 8.92. The van der Waals surface area contributed by atoms with Crippen LogP contribution in [0.4, 0.5) is 0 Å². The molecule has 1 aromatic heterocycles. The molecule has 0 aliphatic heterocycles.